The van der Waals surface area contributed by atoms with Gasteiger partial charge in [-0.3, -0.25) is 0 Å². The van der Waals surface area contributed by atoms with Crippen molar-refractivity contribution in [1.29, 1.82) is 0 Å². The van der Waals surface area contributed by atoms with Crippen molar-refractivity contribution in [3.63, 3.8) is 0 Å². The summed E-state index contributed by atoms with van der Waals surface area (Å²) in [6, 6.07) is 0.217. The summed E-state index contributed by atoms with van der Waals surface area (Å²) in [6.45, 7) is 5.11. The third kappa shape index (κ3) is 10.6. The van der Waals surface area contributed by atoms with E-state index in [0.29, 0.717) is 12.8 Å². The van der Waals surface area contributed by atoms with Crippen LogP contribution >= 0.6 is 0 Å². The lowest BCUT2D eigenvalue weighted by Crippen LogP contribution is -2.76. The molecule has 1 saturated heterocycles. The van der Waals surface area contributed by atoms with Crippen LogP contribution < -0.4 is 0 Å². The molecule has 21 heteroatoms. The molecule has 0 N–H and O–H groups in total. The number of halogens is 19. The van der Waals surface area contributed by atoms with Crippen LogP contribution in [0.3, 0.4) is 0 Å². The lowest BCUT2D eigenvalue weighted by Gasteiger charge is -2.52. The Balaban J connectivity index is 3.16. The molecule has 0 aliphatic carbocycles. The molecule has 1 fully saturated rings. The Hall–Kier alpha value is -1.15. The van der Waals surface area contributed by atoms with Crippen LogP contribution in [0.1, 0.15) is 136 Å². The van der Waals surface area contributed by atoms with E-state index in [2.05, 4.69) is 6.92 Å². The zero-order chi connectivity index (χ0) is 43.9. The highest BCUT2D eigenvalue weighted by atomic mass is 28.4. The number of rotatable bonds is 26. The average molecular weight is 879 g/mol. The minimum Gasteiger partial charge on any atom is -0.411 e. The monoisotopic (exact) mass is 878 g/mol. The van der Waals surface area contributed by atoms with E-state index in [1.54, 1.807) is 0 Å². The molecule has 0 spiro atoms. The summed E-state index contributed by atoms with van der Waals surface area (Å²) in [6.07, 6.45) is 5.44. The highest BCUT2D eigenvalue weighted by Gasteiger charge is 2.97. The van der Waals surface area contributed by atoms with Crippen molar-refractivity contribution < 1.29 is 87.8 Å². The Morgan fingerprint density at radius 2 is 0.768 bits per heavy atom. The maximum absolute atomic E-state index is 15.6. The topological polar surface area (TPSA) is 9.23 Å². The minimum atomic E-state index is -8.92. The van der Waals surface area contributed by atoms with Gasteiger partial charge in [0, 0.05) is 0 Å². The number of alkyl halides is 19. The van der Waals surface area contributed by atoms with Gasteiger partial charge in [0.05, 0.1) is 11.5 Å². The van der Waals surface area contributed by atoms with Gasteiger partial charge in [-0.15, -0.1) is 0 Å². The van der Waals surface area contributed by atoms with E-state index < -0.39 is 86.2 Å². The van der Waals surface area contributed by atoms with Crippen LogP contribution in [0, 0.1) is 5.92 Å². The van der Waals surface area contributed by atoms with Gasteiger partial charge in [0.15, 0.2) is 8.32 Å². The SMILES string of the molecule is CCCCCCCCCCCCCCCCCCC1(C(C)C(F)(F)C(F)(F)C(F)(F)C(F)(F)C(F)(F)C(F)(F)C(F)(F)C(F)(F)C(F)(F)F)CCC[Si](C)(C)O1. The summed E-state index contributed by atoms with van der Waals surface area (Å²) in [7, 11) is -3.11. The molecule has 1 rings (SSSR count). The number of hydrogen-bond acceptors (Lipinski definition) is 1. The molecule has 0 aromatic carbocycles. The summed E-state index contributed by atoms with van der Waals surface area (Å²) >= 11 is 0. The van der Waals surface area contributed by atoms with Gasteiger partial charge in [-0.2, -0.15) is 83.4 Å². The standard InChI is InChI=1S/C35H53F19OSi/c1-5-6-7-8-9-10-11-12-13-14-15-16-17-18-19-20-22-26(23-21-24-56(3,4)55-26)25(2)27(36,37)28(38,39)29(40,41)30(42,43)31(44,45)32(46,47)33(48,49)34(50,51)35(52,53)54/h25H,5-24H2,1-4H3. The van der Waals surface area contributed by atoms with Crippen molar-refractivity contribution >= 4 is 8.32 Å². The molecule has 0 saturated carbocycles. The Bertz CT molecular complexity index is 1190. The van der Waals surface area contributed by atoms with Gasteiger partial charge in [0.1, 0.15) is 0 Å². The summed E-state index contributed by atoms with van der Waals surface area (Å²) < 4.78 is 273. The largest absolute Gasteiger partial charge is 0.460 e. The van der Waals surface area contributed by atoms with E-state index in [4.69, 9.17) is 4.43 Å². The van der Waals surface area contributed by atoms with Crippen LogP contribution in [0.15, 0.2) is 0 Å². The molecule has 56 heavy (non-hydrogen) atoms. The van der Waals surface area contributed by atoms with Crippen molar-refractivity contribution in [2.75, 3.05) is 0 Å². The molecule has 0 aromatic heterocycles. The molecule has 0 bridgehead atoms. The minimum absolute atomic E-state index is 0.0383. The van der Waals surface area contributed by atoms with Crippen molar-refractivity contribution in [3.05, 3.63) is 0 Å². The second-order valence-electron chi connectivity index (χ2n) is 15.7. The zero-order valence-electron chi connectivity index (χ0n) is 31.8. The lowest BCUT2D eigenvalue weighted by molar-refractivity contribution is -0.470. The van der Waals surface area contributed by atoms with Crippen molar-refractivity contribution in [3.8, 4) is 0 Å². The molecular weight excluding hydrogens is 825 g/mol. The fraction of sp³-hybridized carbons (Fsp3) is 1.00. The van der Waals surface area contributed by atoms with Crippen LogP contribution in [0.2, 0.25) is 19.1 Å². The van der Waals surface area contributed by atoms with E-state index in [0.717, 1.165) is 38.5 Å². The molecule has 1 aliphatic rings. The maximum atomic E-state index is 15.6. The van der Waals surface area contributed by atoms with Gasteiger partial charge in [-0.1, -0.05) is 123 Å². The van der Waals surface area contributed by atoms with Gasteiger partial charge in [-0.25, -0.2) is 0 Å². The molecule has 0 aromatic rings. The molecule has 2 atom stereocenters. The first kappa shape index (κ1) is 52.9. The second kappa shape index (κ2) is 19.1. The van der Waals surface area contributed by atoms with Crippen LogP contribution in [-0.2, 0) is 4.43 Å². The Kier molecular flexibility index (Phi) is 18.0. The highest BCUT2D eigenvalue weighted by Crippen LogP contribution is 2.66. The number of unbranched alkanes of at least 4 members (excludes halogenated alkanes) is 15. The molecule has 0 radical (unpaired) electrons. The van der Waals surface area contributed by atoms with Crippen molar-refractivity contribution in [2.24, 2.45) is 5.92 Å². The van der Waals surface area contributed by atoms with Gasteiger partial charge < -0.3 is 4.43 Å². The maximum Gasteiger partial charge on any atom is 0.460 e. The molecule has 1 heterocycles. The van der Waals surface area contributed by atoms with E-state index in [1.807, 2.05) is 0 Å². The van der Waals surface area contributed by atoms with E-state index in [9.17, 15) is 65.9 Å². The Morgan fingerprint density at radius 3 is 1.09 bits per heavy atom. The third-order valence-electron chi connectivity index (χ3n) is 10.8. The predicted octanol–water partition coefficient (Wildman–Crippen LogP) is 15.7. The van der Waals surface area contributed by atoms with Gasteiger partial charge >= 0.3 is 53.6 Å². The van der Waals surface area contributed by atoms with Crippen LogP contribution in [0.5, 0.6) is 0 Å². The summed E-state index contributed by atoms with van der Waals surface area (Å²) in [5.74, 6) is -69.9. The zero-order valence-corrected chi connectivity index (χ0v) is 32.8. The molecule has 1 aliphatic heterocycles. The molecular formula is C35H53F19OSi. The number of hydrogen-bond donors (Lipinski definition) is 0. The van der Waals surface area contributed by atoms with Crippen LogP contribution in [0.4, 0.5) is 83.4 Å². The third-order valence-corrected chi connectivity index (χ3v) is 13.3. The van der Waals surface area contributed by atoms with E-state index in [-0.39, 0.29) is 32.2 Å². The Labute approximate surface area is 316 Å². The van der Waals surface area contributed by atoms with Crippen molar-refractivity contribution in [2.45, 2.75) is 214 Å². The fourth-order valence-electron chi connectivity index (χ4n) is 7.11. The summed E-state index contributed by atoms with van der Waals surface area (Å²) in [4.78, 5) is 0. The molecule has 0 amide bonds. The van der Waals surface area contributed by atoms with E-state index in [1.165, 1.54) is 51.6 Å². The predicted molar refractivity (Wildman–Crippen MR) is 174 cm³/mol. The summed E-state index contributed by atoms with van der Waals surface area (Å²) in [5.41, 5.74) is -2.50. The van der Waals surface area contributed by atoms with Crippen molar-refractivity contribution in [1.82, 2.24) is 0 Å². The van der Waals surface area contributed by atoms with Crippen LogP contribution in [-0.4, -0.2) is 67.5 Å². The molecule has 2 unspecified atom stereocenters. The highest BCUT2D eigenvalue weighted by molar-refractivity contribution is 6.71. The van der Waals surface area contributed by atoms with Gasteiger partial charge in [-0.05, 0) is 32.0 Å². The lowest BCUT2D eigenvalue weighted by atomic mass is 9.73. The first-order valence-electron chi connectivity index (χ1n) is 18.9. The first-order valence-corrected chi connectivity index (χ1v) is 22.0. The van der Waals surface area contributed by atoms with Gasteiger partial charge in [0.2, 0.25) is 0 Å². The fourth-order valence-corrected chi connectivity index (χ4v) is 9.72. The van der Waals surface area contributed by atoms with Crippen LogP contribution in [0.25, 0.3) is 0 Å². The first-order chi connectivity index (χ1) is 25.1. The molecule has 1 nitrogen and oxygen atoms in total. The average Bonchev–Trinajstić information content (AvgIpc) is 3.06. The quantitative estimate of drug-likeness (QED) is 0.0478. The molecule has 336 valence electrons. The van der Waals surface area contributed by atoms with Gasteiger partial charge in [0.25, 0.3) is 0 Å². The normalized spacial score (nSPS) is 20.4. The van der Waals surface area contributed by atoms with E-state index >= 15 is 17.6 Å². The second-order valence-corrected chi connectivity index (χ2v) is 19.9. The summed E-state index contributed by atoms with van der Waals surface area (Å²) in [5, 5.41) is 0. The Morgan fingerprint density at radius 1 is 0.464 bits per heavy atom. The smallest absolute Gasteiger partial charge is 0.411 e.